The van der Waals surface area contributed by atoms with Crippen molar-refractivity contribution in [1.82, 2.24) is 4.90 Å². The summed E-state index contributed by atoms with van der Waals surface area (Å²) in [6, 6.07) is 23.8. The Morgan fingerprint density at radius 2 is 1.53 bits per heavy atom. The topological polar surface area (TPSA) is 70.4 Å². The van der Waals surface area contributed by atoms with Crippen LogP contribution in [0.5, 0.6) is 5.75 Å². The van der Waals surface area contributed by atoms with E-state index in [9.17, 15) is 9.59 Å². The van der Waals surface area contributed by atoms with Crippen molar-refractivity contribution in [3.8, 4) is 22.9 Å². The fourth-order valence-corrected chi connectivity index (χ4v) is 3.41. The number of hydrogen-bond donors (Lipinski definition) is 0. The number of benzene rings is 3. The molecule has 3 aromatic rings. The van der Waals surface area contributed by atoms with Crippen LogP contribution < -0.4 is 4.74 Å². The summed E-state index contributed by atoms with van der Waals surface area (Å²) in [6.07, 6.45) is 0.0656. The van der Waals surface area contributed by atoms with Gasteiger partial charge in [-0.3, -0.25) is 9.59 Å². The molecule has 1 aliphatic heterocycles. The zero-order chi connectivity index (χ0) is 21.1. The second-order valence-corrected chi connectivity index (χ2v) is 6.89. The quantitative estimate of drug-likeness (QED) is 0.467. The van der Waals surface area contributed by atoms with E-state index in [1.54, 1.807) is 30.3 Å². The number of carbonyl (C=O) groups is 2. The van der Waals surface area contributed by atoms with Crippen LogP contribution >= 0.6 is 0 Å². The molecule has 0 atom stereocenters. The van der Waals surface area contributed by atoms with Gasteiger partial charge in [-0.25, -0.2) is 0 Å². The SMILES string of the molecule is C=C1c2ccccc2C(=O)N1CCC(=O)Oc1ccc(-c2ccc(C#N)cc2)cc1. The average Bonchev–Trinajstić information content (AvgIpc) is 3.03. The van der Waals surface area contributed by atoms with Gasteiger partial charge in [0.05, 0.1) is 18.1 Å². The van der Waals surface area contributed by atoms with E-state index in [0.717, 1.165) is 16.7 Å². The second-order valence-electron chi connectivity index (χ2n) is 6.89. The zero-order valence-corrected chi connectivity index (χ0v) is 16.2. The molecule has 0 unspecified atom stereocenters. The first-order chi connectivity index (χ1) is 14.6. The fraction of sp³-hybridized carbons (Fsp3) is 0.0800. The van der Waals surface area contributed by atoms with Crippen molar-refractivity contribution < 1.29 is 14.3 Å². The Balaban J connectivity index is 1.35. The molecule has 1 heterocycles. The van der Waals surface area contributed by atoms with E-state index >= 15 is 0 Å². The summed E-state index contributed by atoms with van der Waals surface area (Å²) in [5, 5.41) is 8.88. The normalized spacial score (nSPS) is 12.4. The van der Waals surface area contributed by atoms with Gasteiger partial charge in [0.2, 0.25) is 0 Å². The molecule has 5 heteroatoms. The standard InChI is InChI=1S/C25H18N2O3/c1-17-22-4-2-3-5-23(22)25(29)27(17)15-14-24(28)30-21-12-10-20(11-13-21)19-8-6-18(16-26)7-9-19/h2-13H,1,14-15H2. The number of esters is 1. The third-order valence-electron chi connectivity index (χ3n) is 5.01. The molecule has 0 bridgehead atoms. The van der Waals surface area contributed by atoms with Crippen molar-refractivity contribution in [1.29, 1.82) is 5.26 Å². The first kappa shape index (κ1) is 19.2. The van der Waals surface area contributed by atoms with E-state index in [4.69, 9.17) is 10.00 Å². The molecule has 1 amide bonds. The van der Waals surface area contributed by atoms with Gasteiger partial charge in [-0.2, -0.15) is 5.26 Å². The lowest BCUT2D eigenvalue weighted by molar-refractivity contribution is -0.134. The molecule has 0 radical (unpaired) electrons. The van der Waals surface area contributed by atoms with Crippen LogP contribution in [0.3, 0.4) is 0 Å². The molecule has 0 N–H and O–H groups in total. The molecule has 1 aliphatic rings. The predicted octanol–water partition coefficient (Wildman–Crippen LogP) is 4.65. The van der Waals surface area contributed by atoms with Gasteiger partial charge in [0, 0.05) is 23.4 Å². The summed E-state index contributed by atoms with van der Waals surface area (Å²) in [6.45, 7) is 4.19. The first-order valence-corrected chi connectivity index (χ1v) is 9.48. The number of carbonyl (C=O) groups excluding carboxylic acids is 2. The minimum atomic E-state index is -0.419. The maximum Gasteiger partial charge on any atom is 0.312 e. The van der Waals surface area contributed by atoms with Gasteiger partial charge in [-0.15, -0.1) is 0 Å². The minimum absolute atomic E-state index is 0.0656. The van der Waals surface area contributed by atoms with E-state index in [-0.39, 0.29) is 18.9 Å². The lowest BCUT2D eigenvalue weighted by Gasteiger charge is -2.16. The number of nitriles is 1. The van der Waals surface area contributed by atoms with E-state index in [1.165, 1.54) is 4.90 Å². The van der Waals surface area contributed by atoms with Gasteiger partial charge in [0.15, 0.2) is 0 Å². The third-order valence-corrected chi connectivity index (χ3v) is 5.01. The molecule has 0 aliphatic carbocycles. The Morgan fingerprint density at radius 3 is 2.13 bits per heavy atom. The van der Waals surface area contributed by atoms with Crippen molar-refractivity contribution in [3.63, 3.8) is 0 Å². The minimum Gasteiger partial charge on any atom is -0.426 e. The summed E-state index contributed by atoms with van der Waals surface area (Å²) in [7, 11) is 0. The Kier molecular flexibility index (Phi) is 5.15. The van der Waals surface area contributed by atoms with Gasteiger partial charge in [-0.05, 0) is 41.5 Å². The predicted molar refractivity (Wildman–Crippen MR) is 113 cm³/mol. The van der Waals surface area contributed by atoms with Crippen LogP contribution in [0.15, 0.2) is 79.4 Å². The molecule has 0 saturated heterocycles. The molecule has 30 heavy (non-hydrogen) atoms. The van der Waals surface area contributed by atoms with Crippen molar-refractivity contribution in [2.45, 2.75) is 6.42 Å². The number of nitrogens with zero attached hydrogens (tertiary/aromatic N) is 2. The smallest absolute Gasteiger partial charge is 0.312 e. The van der Waals surface area contributed by atoms with Crippen LogP contribution in [0.1, 0.15) is 27.9 Å². The number of hydrogen-bond acceptors (Lipinski definition) is 4. The zero-order valence-electron chi connectivity index (χ0n) is 16.2. The van der Waals surface area contributed by atoms with E-state index in [0.29, 0.717) is 22.6 Å². The Hall–Kier alpha value is -4.17. The highest BCUT2D eigenvalue weighted by Gasteiger charge is 2.30. The van der Waals surface area contributed by atoms with Crippen LogP contribution in [-0.2, 0) is 4.79 Å². The molecule has 0 fully saturated rings. The second kappa shape index (κ2) is 8.06. The third kappa shape index (κ3) is 3.71. The monoisotopic (exact) mass is 394 g/mol. The van der Waals surface area contributed by atoms with Gasteiger partial charge in [0.25, 0.3) is 5.91 Å². The van der Waals surface area contributed by atoms with Gasteiger partial charge in [-0.1, -0.05) is 49.0 Å². The maximum atomic E-state index is 12.5. The molecule has 0 spiro atoms. The first-order valence-electron chi connectivity index (χ1n) is 9.48. The Bertz CT molecular complexity index is 1140. The Morgan fingerprint density at radius 1 is 0.933 bits per heavy atom. The Labute approximate surface area is 174 Å². The lowest BCUT2D eigenvalue weighted by atomic mass is 10.0. The molecule has 5 nitrogen and oxygen atoms in total. The molecular weight excluding hydrogens is 376 g/mol. The summed E-state index contributed by atoms with van der Waals surface area (Å²) in [5.41, 5.74) is 4.54. The van der Waals surface area contributed by atoms with Crippen molar-refractivity contribution in [3.05, 3.63) is 96.1 Å². The molecular formula is C25H18N2O3. The number of amides is 1. The number of fused-ring (bicyclic) bond motifs is 1. The molecule has 0 saturated carbocycles. The average molecular weight is 394 g/mol. The van der Waals surface area contributed by atoms with Crippen molar-refractivity contribution >= 4 is 17.6 Å². The van der Waals surface area contributed by atoms with Crippen LogP contribution in [0.2, 0.25) is 0 Å². The van der Waals surface area contributed by atoms with Gasteiger partial charge in [0.1, 0.15) is 5.75 Å². The fourth-order valence-electron chi connectivity index (χ4n) is 3.41. The number of ether oxygens (including phenoxy) is 1. The van der Waals surface area contributed by atoms with E-state index < -0.39 is 5.97 Å². The maximum absolute atomic E-state index is 12.5. The van der Waals surface area contributed by atoms with Crippen LogP contribution in [0, 0.1) is 11.3 Å². The highest BCUT2D eigenvalue weighted by atomic mass is 16.5. The van der Waals surface area contributed by atoms with E-state index in [1.807, 2.05) is 42.5 Å². The van der Waals surface area contributed by atoms with Gasteiger partial charge < -0.3 is 9.64 Å². The molecule has 4 rings (SSSR count). The summed E-state index contributed by atoms with van der Waals surface area (Å²) in [5.74, 6) is -0.125. The molecule has 0 aromatic heterocycles. The summed E-state index contributed by atoms with van der Waals surface area (Å²) >= 11 is 0. The highest BCUT2D eigenvalue weighted by Crippen LogP contribution is 2.31. The molecule has 3 aromatic carbocycles. The van der Waals surface area contributed by atoms with Crippen molar-refractivity contribution in [2.24, 2.45) is 0 Å². The number of rotatable bonds is 5. The van der Waals surface area contributed by atoms with Gasteiger partial charge >= 0.3 is 5.97 Å². The van der Waals surface area contributed by atoms with Crippen LogP contribution in [0.4, 0.5) is 0 Å². The van der Waals surface area contributed by atoms with E-state index in [2.05, 4.69) is 12.6 Å². The lowest BCUT2D eigenvalue weighted by Crippen LogP contribution is -2.26. The van der Waals surface area contributed by atoms with Crippen LogP contribution in [0.25, 0.3) is 16.8 Å². The largest absolute Gasteiger partial charge is 0.426 e. The summed E-state index contributed by atoms with van der Waals surface area (Å²) < 4.78 is 5.40. The van der Waals surface area contributed by atoms with Crippen molar-refractivity contribution in [2.75, 3.05) is 6.54 Å². The highest BCUT2D eigenvalue weighted by molar-refractivity contribution is 6.08. The van der Waals surface area contributed by atoms with Crippen LogP contribution in [-0.4, -0.2) is 23.3 Å². The summed E-state index contributed by atoms with van der Waals surface area (Å²) in [4.78, 5) is 26.3. The molecule has 146 valence electrons.